The molecular weight excluding hydrogens is 346 g/mol. The van der Waals surface area contributed by atoms with Crippen molar-refractivity contribution in [2.75, 3.05) is 0 Å². The molecule has 8 heteroatoms. The van der Waals surface area contributed by atoms with Crippen molar-refractivity contribution in [3.63, 3.8) is 0 Å². The van der Waals surface area contributed by atoms with Gasteiger partial charge in [0.05, 0.1) is 11.6 Å². The summed E-state index contributed by atoms with van der Waals surface area (Å²) in [5.41, 5.74) is 2.32. The number of pyridine rings is 1. The second-order valence-electron chi connectivity index (χ2n) is 6.88. The minimum absolute atomic E-state index is 0.0663. The average Bonchev–Trinajstić information content (AvgIpc) is 3.26. The number of carbonyl (C=O) groups is 1. The number of aromatic nitrogens is 4. The third-order valence-corrected chi connectivity index (χ3v) is 4.53. The quantitative estimate of drug-likeness (QED) is 0.710. The average molecular weight is 369 g/mol. The molecule has 2 atom stereocenters. The first-order chi connectivity index (χ1) is 12.9. The van der Waals surface area contributed by atoms with Gasteiger partial charge in [-0.2, -0.15) is 4.98 Å². The van der Waals surface area contributed by atoms with E-state index in [1.807, 2.05) is 27.7 Å². The lowest BCUT2D eigenvalue weighted by atomic mass is 9.97. The second-order valence-corrected chi connectivity index (χ2v) is 6.88. The number of amides is 1. The molecule has 27 heavy (non-hydrogen) atoms. The highest BCUT2D eigenvalue weighted by molar-refractivity contribution is 5.84. The van der Waals surface area contributed by atoms with Crippen LogP contribution in [0.3, 0.4) is 0 Å². The summed E-state index contributed by atoms with van der Waals surface area (Å²) in [7, 11) is 0. The lowest BCUT2D eigenvalue weighted by Gasteiger charge is -2.21. The molecule has 8 nitrogen and oxygen atoms in total. The maximum Gasteiger partial charge on any atom is 0.249 e. The molecule has 142 valence electrons. The third kappa shape index (κ3) is 3.89. The van der Waals surface area contributed by atoms with Crippen LogP contribution in [-0.4, -0.2) is 26.2 Å². The highest BCUT2D eigenvalue weighted by Gasteiger charge is 2.29. The molecule has 0 aromatic carbocycles. The molecule has 3 heterocycles. The van der Waals surface area contributed by atoms with E-state index in [1.165, 1.54) is 0 Å². The zero-order chi connectivity index (χ0) is 19.6. The smallest absolute Gasteiger partial charge is 0.249 e. The van der Waals surface area contributed by atoms with E-state index in [0.29, 0.717) is 23.2 Å². The molecule has 0 aliphatic heterocycles. The molecule has 1 N–H and O–H groups in total. The van der Waals surface area contributed by atoms with Gasteiger partial charge in [0.2, 0.25) is 17.6 Å². The standard InChI is InChI=1S/C19H23N5O3/c1-10(2)16(19-22-17(24-27-19)14-6-8-20-9-7-14)21-18(25)11(3)15-12(4)23-26-13(15)5/h6-11,16H,1-5H3,(H,21,25). The van der Waals surface area contributed by atoms with Gasteiger partial charge in [-0.05, 0) is 38.8 Å². The van der Waals surface area contributed by atoms with Gasteiger partial charge in [-0.3, -0.25) is 9.78 Å². The maximum absolute atomic E-state index is 12.8. The van der Waals surface area contributed by atoms with Gasteiger partial charge >= 0.3 is 0 Å². The molecule has 0 saturated heterocycles. The Morgan fingerprint density at radius 1 is 1.07 bits per heavy atom. The van der Waals surface area contributed by atoms with Crippen LogP contribution in [0.25, 0.3) is 11.4 Å². The van der Waals surface area contributed by atoms with E-state index in [4.69, 9.17) is 9.05 Å². The van der Waals surface area contributed by atoms with E-state index in [9.17, 15) is 4.79 Å². The molecule has 2 unspecified atom stereocenters. The van der Waals surface area contributed by atoms with Crippen LogP contribution < -0.4 is 5.32 Å². The molecule has 0 radical (unpaired) electrons. The number of hydrogen-bond acceptors (Lipinski definition) is 7. The monoisotopic (exact) mass is 369 g/mol. The largest absolute Gasteiger partial charge is 0.361 e. The molecule has 3 rings (SSSR count). The summed E-state index contributed by atoms with van der Waals surface area (Å²) in [5.74, 6) is 1.000. The molecular formula is C19H23N5O3. The third-order valence-electron chi connectivity index (χ3n) is 4.53. The number of rotatable bonds is 6. The lowest BCUT2D eigenvalue weighted by Crippen LogP contribution is -2.35. The van der Waals surface area contributed by atoms with Crippen molar-refractivity contribution in [3.05, 3.63) is 47.4 Å². The SMILES string of the molecule is Cc1noc(C)c1C(C)C(=O)NC(c1nc(-c2ccncc2)no1)C(C)C. The molecule has 3 aromatic heterocycles. The van der Waals surface area contributed by atoms with Crippen molar-refractivity contribution < 1.29 is 13.8 Å². The molecule has 0 saturated carbocycles. The minimum Gasteiger partial charge on any atom is -0.361 e. The highest BCUT2D eigenvalue weighted by atomic mass is 16.5. The summed E-state index contributed by atoms with van der Waals surface area (Å²) in [6, 6.07) is 3.21. The zero-order valence-electron chi connectivity index (χ0n) is 16.1. The first kappa shape index (κ1) is 18.8. The van der Waals surface area contributed by atoms with Crippen LogP contribution in [0.15, 0.2) is 33.6 Å². The van der Waals surface area contributed by atoms with Crippen molar-refractivity contribution in [3.8, 4) is 11.4 Å². The van der Waals surface area contributed by atoms with Crippen molar-refractivity contribution in [1.29, 1.82) is 0 Å². The Kier molecular flexibility index (Phi) is 5.34. The Morgan fingerprint density at radius 2 is 1.78 bits per heavy atom. The highest BCUT2D eigenvalue weighted by Crippen LogP contribution is 2.27. The summed E-state index contributed by atoms with van der Waals surface area (Å²) in [6.07, 6.45) is 3.33. The van der Waals surface area contributed by atoms with E-state index in [2.05, 4.69) is 25.6 Å². The lowest BCUT2D eigenvalue weighted by molar-refractivity contribution is -0.123. The molecule has 1 amide bonds. The first-order valence-electron chi connectivity index (χ1n) is 8.85. The van der Waals surface area contributed by atoms with E-state index < -0.39 is 12.0 Å². The van der Waals surface area contributed by atoms with Crippen LogP contribution in [0.5, 0.6) is 0 Å². The molecule has 0 spiro atoms. The Labute approximate surface area is 157 Å². The molecule has 3 aromatic rings. The number of nitrogens with one attached hydrogen (secondary N) is 1. The zero-order valence-corrected chi connectivity index (χ0v) is 16.1. The topological polar surface area (TPSA) is 107 Å². The fraction of sp³-hybridized carbons (Fsp3) is 0.421. The van der Waals surface area contributed by atoms with Gasteiger partial charge in [-0.15, -0.1) is 0 Å². The van der Waals surface area contributed by atoms with Gasteiger partial charge in [-0.1, -0.05) is 24.2 Å². The Morgan fingerprint density at radius 3 is 2.37 bits per heavy atom. The van der Waals surface area contributed by atoms with Crippen LogP contribution in [0.4, 0.5) is 0 Å². The normalized spacial score (nSPS) is 13.6. The van der Waals surface area contributed by atoms with Crippen LogP contribution >= 0.6 is 0 Å². The summed E-state index contributed by atoms with van der Waals surface area (Å²) in [6.45, 7) is 9.44. The van der Waals surface area contributed by atoms with Gasteiger partial charge in [0.25, 0.3) is 0 Å². The Balaban J connectivity index is 1.80. The van der Waals surface area contributed by atoms with Crippen LogP contribution in [0, 0.1) is 19.8 Å². The van der Waals surface area contributed by atoms with Gasteiger partial charge in [0.15, 0.2) is 0 Å². The fourth-order valence-electron chi connectivity index (χ4n) is 3.01. The summed E-state index contributed by atoms with van der Waals surface area (Å²) in [4.78, 5) is 21.3. The minimum atomic E-state index is -0.403. The van der Waals surface area contributed by atoms with E-state index in [0.717, 1.165) is 11.1 Å². The Hall–Kier alpha value is -3.03. The number of aryl methyl sites for hydroxylation is 2. The van der Waals surface area contributed by atoms with Crippen molar-refractivity contribution in [1.82, 2.24) is 25.6 Å². The predicted octanol–water partition coefficient (Wildman–Crippen LogP) is 3.35. The van der Waals surface area contributed by atoms with Crippen molar-refractivity contribution in [2.24, 2.45) is 5.92 Å². The predicted molar refractivity (Wildman–Crippen MR) is 97.6 cm³/mol. The van der Waals surface area contributed by atoms with Gasteiger partial charge < -0.3 is 14.4 Å². The number of hydrogen-bond donors (Lipinski definition) is 1. The van der Waals surface area contributed by atoms with Crippen LogP contribution in [-0.2, 0) is 4.79 Å². The summed E-state index contributed by atoms with van der Waals surface area (Å²) in [5, 5.41) is 11.0. The maximum atomic E-state index is 12.8. The number of carbonyl (C=O) groups excluding carboxylic acids is 1. The second kappa shape index (κ2) is 7.69. The Bertz CT molecular complexity index is 897. The van der Waals surface area contributed by atoms with Gasteiger partial charge in [0, 0.05) is 23.5 Å². The molecule has 0 aliphatic rings. The summed E-state index contributed by atoms with van der Waals surface area (Å²) >= 11 is 0. The molecule has 0 aliphatic carbocycles. The summed E-state index contributed by atoms with van der Waals surface area (Å²) < 4.78 is 10.6. The van der Waals surface area contributed by atoms with E-state index in [-0.39, 0.29) is 11.8 Å². The first-order valence-corrected chi connectivity index (χ1v) is 8.85. The fourth-order valence-corrected chi connectivity index (χ4v) is 3.01. The molecule has 0 bridgehead atoms. The van der Waals surface area contributed by atoms with E-state index in [1.54, 1.807) is 31.5 Å². The number of nitrogens with zero attached hydrogens (tertiary/aromatic N) is 4. The molecule has 0 fully saturated rings. The van der Waals surface area contributed by atoms with Crippen LogP contribution in [0.2, 0.25) is 0 Å². The van der Waals surface area contributed by atoms with Gasteiger partial charge in [-0.25, -0.2) is 0 Å². The van der Waals surface area contributed by atoms with Gasteiger partial charge in [0.1, 0.15) is 11.8 Å². The van der Waals surface area contributed by atoms with E-state index >= 15 is 0 Å². The van der Waals surface area contributed by atoms with Crippen molar-refractivity contribution in [2.45, 2.75) is 46.6 Å². The van der Waals surface area contributed by atoms with Crippen molar-refractivity contribution >= 4 is 5.91 Å². The van der Waals surface area contributed by atoms with Crippen LogP contribution in [0.1, 0.15) is 55.6 Å².